The van der Waals surface area contributed by atoms with Gasteiger partial charge < -0.3 is 9.15 Å². The van der Waals surface area contributed by atoms with Gasteiger partial charge in [0.05, 0.1) is 13.7 Å². The molecule has 0 aliphatic rings. The Morgan fingerprint density at radius 2 is 1.79 bits per heavy atom. The standard InChI is InChI=1S/C18H22N4O2/c1-10-8-17(23-6)11(2)7-15(10)18-20-16(12(3)24-18)9-22-14(5)19-13(4)21-22/h7-8H,9H2,1-6H3. The van der Waals surface area contributed by atoms with E-state index in [9.17, 15) is 0 Å². The van der Waals surface area contributed by atoms with Gasteiger partial charge in [-0.05, 0) is 57.9 Å². The summed E-state index contributed by atoms with van der Waals surface area (Å²) in [6.07, 6.45) is 0. The third-order valence-corrected chi connectivity index (χ3v) is 4.13. The SMILES string of the molecule is COc1cc(C)c(-c2nc(Cn3nc(C)nc3C)c(C)o2)cc1C. The Bertz CT molecular complexity index is 893. The van der Waals surface area contributed by atoms with Crippen LogP contribution in [0, 0.1) is 34.6 Å². The summed E-state index contributed by atoms with van der Waals surface area (Å²) in [5.41, 5.74) is 3.97. The maximum absolute atomic E-state index is 5.92. The minimum absolute atomic E-state index is 0.552. The highest BCUT2D eigenvalue weighted by Gasteiger charge is 2.16. The molecule has 0 amide bonds. The molecule has 6 nitrogen and oxygen atoms in total. The zero-order valence-electron chi connectivity index (χ0n) is 15.0. The van der Waals surface area contributed by atoms with Gasteiger partial charge in [0.2, 0.25) is 5.89 Å². The fourth-order valence-electron chi connectivity index (χ4n) is 2.78. The van der Waals surface area contributed by atoms with Gasteiger partial charge in [0.1, 0.15) is 28.9 Å². The van der Waals surface area contributed by atoms with Crippen LogP contribution in [-0.4, -0.2) is 26.9 Å². The van der Waals surface area contributed by atoms with Gasteiger partial charge in [0.25, 0.3) is 0 Å². The van der Waals surface area contributed by atoms with E-state index in [0.29, 0.717) is 12.4 Å². The molecule has 3 aromatic rings. The minimum Gasteiger partial charge on any atom is -0.496 e. The maximum Gasteiger partial charge on any atom is 0.226 e. The molecule has 0 aliphatic heterocycles. The molecular formula is C18H22N4O2. The predicted molar refractivity (Wildman–Crippen MR) is 91.3 cm³/mol. The number of hydrogen-bond donors (Lipinski definition) is 0. The van der Waals surface area contributed by atoms with E-state index in [1.807, 2.05) is 51.4 Å². The first kappa shape index (κ1) is 16.2. The Morgan fingerprint density at radius 1 is 1.04 bits per heavy atom. The number of rotatable bonds is 4. The van der Waals surface area contributed by atoms with Gasteiger partial charge in [-0.2, -0.15) is 5.10 Å². The Labute approximate surface area is 141 Å². The normalized spacial score (nSPS) is 11.1. The van der Waals surface area contributed by atoms with Crippen molar-refractivity contribution in [3.8, 4) is 17.2 Å². The maximum atomic E-state index is 5.92. The van der Waals surface area contributed by atoms with Gasteiger partial charge in [0, 0.05) is 5.56 Å². The molecule has 2 aromatic heterocycles. The molecule has 0 saturated carbocycles. The van der Waals surface area contributed by atoms with Crippen LogP contribution in [-0.2, 0) is 6.54 Å². The zero-order valence-corrected chi connectivity index (χ0v) is 15.0. The van der Waals surface area contributed by atoms with Crippen molar-refractivity contribution >= 4 is 0 Å². The van der Waals surface area contributed by atoms with Crippen LogP contribution in [0.5, 0.6) is 5.75 Å². The summed E-state index contributed by atoms with van der Waals surface area (Å²) < 4.78 is 13.1. The van der Waals surface area contributed by atoms with Crippen molar-refractivity contribution < 1.29 is 9.15 Å². The molecule has 0 bridgehead atoms. The molecule has 2 heterocycles. The van der Waals surface area contributed by atoms with Crippen molar-refractivity contribution in [1.29, 1.82) is 0 Å². The molecular weight excluding hydrogens is 304 g/mol. The molecule has 0 unspecified atom stereocenters. The lowest BCUT2D eigenvalue weighted by Gasteiger charge is -2.08. The number of aromatic nitrogens is 4. The highest BCUT2D eigenvalue weighted by molar-refractivity contribution is 5.62. The van der Waals surface area contributed by atoms with Crippen LogP contribution in [0.15, 0.2) is 16.5 Å². The smallest absolute Gasteiger partial charge is 0.226 e. The Kier molecular flexibility index (Phi) is 4.13. The molecule has 0 atom stereocenters. The average Bonchev–Trinajstić information content (AvgIpc) is 3.04. The molecule has 3 rings (SSSR count). The summed E-state index contributed by atoms with van der Waals surface area (Å²) in [7, 11) is 1.68. The predicted octanol–water partition coefficient (Wildman–Crippen LogP) is 3.53. The summed E-state index contributed by atoms with van der Waals surface area (Å²) in [5.74, 6) is 3.92. The van der Waals surface area contributed by atoms with Crippen LogP contribution in [0.25, 0.3) is 11.5 Å². The van der Waals surface area contributed by atoms with E-state index in [1.165, 1.54) is 0 Å². The second kappa shape index (κ2) is 6.11. The number of benzene rings is 1. The highest BCUT2D eigenvalue weighted by atomic mass is 16.5. The van der Waals surface area contributed by atoms with Crippen molar-refractivity contribution in [1.82, 2.24) is 19.7 Å². The molecule has 0 aliphatic carbocycles. The molecule has 0 N–H and O–H groups in total. The summed E-state index contributed by atoms with van der Waals surface area (Å²) >= 11 is 0. The third kappa shape index (κ3) is 2.91. The lowest BCUT2D eigenvalue weighted by atomic mass is 10.0. The first-order valence-corrected chi connectivity index (χ1v) is 7.89. The third-order valence-electron chi connectivity index (χ3n) is 4.13. The van der Waals surface area contributed by atoms with E-state index >= 15 is 0 Å². The van der Waals surface area contributed by atoms with Crippen LogP contribution >= 0.6 is 0 Å². The van der Waals surface area contributed by atoms with Crippen LogP contribution in [0.3, 0.4) is 0 Å². The van der Waals surface area contributed by atoms with Crippen LogP contribution in [0.2, 0.25) is 0 Å². The van der Waals surface area contributed by atoms with Gasteiger partial charge in [-0.1, -0.05) is 0 Å². The van der Waals surface area contributed by atoms with E-state index in [4.69, 9.17) is 9.15 Å². The molecule has 0 radical (unpaired) electrons. The van der Waals surface area contributed by atoms with E-state index < -0.39 is 0 Å². The number of methoxy groups -OCH3 is 1. The van der Waals surface area contributed by atoms with Crippen LogP contribution < -0.4 is 4.74 Å². The van der Waals surface area contributed by atoms with E-state index in [1.54, 1.807) is 7.11 Å². The summed E-state index contributed by atoms with van der Waals surface area (Å²) in [4.78, 5) is 9.01. The summed E-state index contributed by atoms with van der Waals surface area (Å²) in [6.45, 7) is 10.3. The van der Waals surface area contributed by atoms with Gasteiger partial charge in [-0.15, -0.1) is 0 Å². The Morgan fingerprint density at radius 3 is 2.42 bits per heavy atom. The zero-order chi connectivity index (χ0) is 17.4. The van der Waals surface area contributed by atoms with Gasteiger partial charge >= 0.3 is 0 Å². The number of aryl methyl sites for hydroxylation is 5. The van der Waals surface area contributed by atoms with Crippen molar-refractivity contribution in [3.63, 3.8) is 0 Å². The first-order chi connectivity index (χ1) is 11.4. The van der Waals surface area contributed by atoms with Crippen LogP contribution in [0.1, 0.15) is 34.2 Å². The number of oxazole rings is 1. The van der Waals surface area contributed by atoms with Crippen LogP contribution in [0.4, 0.5) is 0 Å². The molecule has 1 aromatic carbocycles. The lowest BCUT2D eigenvalue weighted by Crippen LogP contribution is -2.05. The number of nitrogens with zero attached hydrogens (tertiary/aromatic N) is 4. The monoisotopic (exact) mass is 326 g/mol. The fourth-order valence-corrected chi connectivity index (χ4v) is 2.78. The molecule has 24 heavy (non-hydrogen) atoms. The quantitative estimate of drug-likeness (QED) is 0.734. The Hall–Kier alpha value is -2.63. The average molecular weight is 326 g/mol. The highest BCUT2D eigenvalue weighted by Crippen LogP contribution is 2.30. The van der Waals surface area contributed by atoms with Gasteiger partial charge in [-0.3, -0.25) is 0 Å². The first-order valence-electron chi connectivity index (χ1n) is 7.89. The number of hydrogen-bond acceptors (Lipinski definition) is 5. The van der Waals surface area contributed by atoms with E-state index in [0.717, 1.165) is 45.5 Å². The van der Waals surface area contributed by atoms with E-state index in [-0.39, 0.29) is 0 Å². The lowest BCUT2D eigenvalue weighted by molar-refractivity contribution is 0.411. The van der Waals surface area contributed by atoms with Crippen molar-refractivity contribution in [2.75, 3.05) is 7.11 Å². The Balaban J connectivity index is 1.97. The minimum atomic E-state index is 0.552. The molecule has 0 fully saturated rings. The second-order valence-electron chi connectivity index (χ2n) is 6.02. The largest absolute Gasteiger partial charge is 0.496 e. The molecule has 0 saturated heterocycles. The number of ether oxygens (including phenoxy) is 1. The van der Waals surface area contributed by atoms with Gasteiger partial charge in [-0.25, -0.2) is 14.6 Å². The summed E-state index contributed by atoms with van der Waals surface area (Å²) in [5, 5.41) is 4.39. The second-order valence-corrected chi connectivity index (χ2v) is 6.02. The van der Waals surface area contributed by atoms with E-state index in [2.05, 4.69) is 15.1 Å². The van der Waals surface area contributed by atoms with Crippen molar-refractivity contribution in [2.24, 2.45) is 0 Å². The molecule has 0 spiro atoms. The summed E-state index contributed by atoms with van der Waals surface area (Å²) in [6, 6.07) is 4.06. The topological polar surface area (TPSA) is 66.0 Å². The fraction of sp³-hybridized carbons (Fsp3) is 0.389. The van der Waals surface area contributed by atoms with Crippen molar-refractivity contribution in [2.45, 2.75) is 41.2 Å². The van der Waals surface area contributed by atoms with Gasteiger partial charge in [0.15, 0.2) is 0 Å². The molecule has 126 valence electrons. The van der Waals surface area contributed by atoms with Crippen molar-refractivity contribution in [3.05, 3.63) is 46.4 Å². The molecule has 6 heteroatoms.